The van der Waals surface area contributed by atoms with Crippen molar-refractivity contribution >= 4 is 17.3 Å². The molecule has 5 rings (SSSR count). The van der Waals surface area contributed by atoms with Crippen molar-refractivity contribution in [1.82, 2.24) is 14.8 Å². The largest absolute Gasteiger partial charge is 0.381 e. The number of hydrogen-bond donors (Lipinski definition) is 1. The van der Waals surface area contributed by atoms with Gasteiger partial charge in [0.1, 0.15) is 18.0 Å². The highest BCUT2D eigenvalue weighted by atomic mass is 19.1. The number of ether oxygens (including phenoxy) is 1. The zero-order valence-corrected chi connectivity index (χ0v) is 17.4. The van der Waals surface area contributed by atoms with Gasteiger partial charge in [0.05, 0.1) is 12.3 Å². The summed E-state index contributed by atoms with van der Waals surface area (Å²) in [4.78, 5) is 6.66. The molecule has 3 aromatic rings. The lowest BCUT2D eigenvalue weighted by Crippen LogP contribution is -2.40. The third kappa shape index (κ3) is 4.12. The van der Waals surface area contributed by atoms with Crippen LogP contribution in [0, 0.1) is 24.0 Å². The zero-order chi connectivity index (χ0) is 21.4. The van der Waals surface area contributed by atoms with Crippen molar-refractivity contribution in [3.8, 4) is 5.69 Å². The Labute approximate surface area is 179 Å². The maximum Gasteiger partial charge on any atom is 0.246 e. The number of nitrogens with zero attached hydrogens (tertiary/aromatic N) is 4. The average molecular weight is 425 g/mol. The highest BCUT2D eigenvalue weighted by molar-refractivity contribution is 5.66. The third-order valence-corrected chi connectivity index (χ3v) is 6.45. The Hall–Kier alpha value is -3.00. The molecule has 0 radical (unpaired) electrons. The number of benzene rings is 2. The Morgan fingerprint density at radius 1 is 1.00 bits per heavy atom. The number of anilines is 3. The second-order valence-electron chi connectivity index (χ2n) is 8.55. The van der Waals surface area contributed by atoms with Gasteiger partial charge in [-0.25, -0.2) is 13.5 Å². The van der Waals surface area contributed by atoms with Gasteiger partial charge >= 0.3 is 0 Å². The normalized spacial score (nSPS) is 18.0. The molecule has 0 unspecified atom stereocenters. The van der Waals surface area contributed by atoms with Gasteiger partial charge in [-0.3, -0.25) is 0 Å². The van der Waals surface area contributed by atoms with Crippen LogP contribution in [0.3, 0.4) is 0 Å². The number of rotatable bonds is 4. The fourth-order valence-corrected chi connectivity index (χ4v) is 4.46. The first kappa shape index (κ1) is 19.9. The van der Waals surface area contributed by atoms with Gasteiger partial charge in [-0.1, -0.05) is 6.07 Å². The summed E-state index contributed by atoms with van der Waals surface area (Å²) in [5, 5.41) is 7.57. The lowest BCUT2D eigenvalue weighted by Gasteiger charge is -2.39. The number of aromatic nitrogens is 3. The van der Waals surface area contributed by atoms with Crippen LogP contribution in [-0.2, 0) is 4.74 Å². The molecule has 2 fully saturated rings. The molecule has 0 atom stereocenters. The lowest BCUT2D eigenvalue weighted by atomic mass is 9.78. The molecule has 2 saturated heterocycles. The summed E-state index contributed by atoms with van der Waals surface area (Å²) in [7, 11) is 0. The fraction of sp³-hybridized carbons (Fsp3) is 0.391. The Morgan fingerprint density at radius 3 is 2.48 bits per heavy atom. The van der Waals surface area contributed by atoms with Gasteiger partial charge in [-0.15, -0.1) is 5.10 Å². The SMILES string of the molecule is Cc1ccc(N2CCC3(CCOC3)CC2)cc1Nc1ncn(-c2cc(F)cc(F)c2)n1. The summed E-state index contributed by atoms with van der Waals surface area (Å²) in [6.45, 7) is 5.84. The van der Waals surface area contributed by atoms with E-state index in [-0.39, 0.29) is 5.69 Å². The molecule has 1 N–H and O–H groups in total. The second kappa shape index (κ2) is 7.92. The molecule has 162 valence electrons. The summed E-state index contributed by atoms with van der Waals surface area (Å²) in [6, 6.07) is 9.60. The smallest absolute Gasteiger partial charge is 0.246 e. The predicted molar refractivity (Wildman–Crippen MR) is 115 cm³/mol. The number of halogens is 2. The Balaban J connectivity index is 1.32. The van der Waals surface area contributed by atoms with E-state index in [4.69, 9.17) is 4.74 Å². The topological polar surface area (TPSA) is 55.2 Å². The Morgan fingerprint density at radius 2 is 1.77 bits per heavy atom. The first-order chi connectivity index (χ1) is 15.0. The van der Waals surface area contributed by atoms with Crippen molar-refractivity contribution in [3.05, 3.63) is 59.9 Å². The first-order valence-corrected chi connectivity index (χ1v) is 10.6. The Kier molecular flexibility index (Phi) is 5.09. The molecule has 1 aromatic heterocycles. The van der Waals surface area contributed by atoms with Crippen LogP contribution in [0.5, 0.6) is 0 Å². The molecule has 2 aliphatic heterocycles. The summed E-state index contributed by atoms with van der Waals surface area (Å²) in [5.41, 5.74) is 3.78. The summed E-state index contributed by atoms with van der Waals surface area (Å²) >= 11 is 0. The molecule has 6 nitrogen and oxygen atoms in total. The Bertz CT molecular complexity index is 1060. The molecule has 3 heterocycles. The van der Waals surface area contributed by atoms with Gasteiger partial charge in [-0.2, -0.15) is 4.98 Å². The standard InChI is InChI=1S/C23H25F2N5O/c1-16-2-3-19(29-7-4-23(5-8-29)6-9-31-14-23)13-21(16)27-22-26-15-30(28-22)20-11-17(24)10-18(25)12-20/h2-3,10-13,15H,4-9,14H2,1H3,(H,27,28). The maximum absolute atomic E-state index is 13.5. The van der Waals surface area contributed by atoms with Crippen LogP contribution < -0.4 is 10.2 Å². The van der Waals surface area contributed by atoms with E-state index in [0.29, 0.717) is 11.4 Å². The van der Waals surface area contributed by atoms with Gasteiger partial charge in [0.15, 0.2) is 0 Å². The van der Waals surface area contributed by atoms with Crippen molar-refractivity contribution in [2.24, 2.45) is 5.41 Å². The zero-order valence-electron chi connectivity index (χ0n) is 17.4. The molecule has 0 saturated carbocycles. The monoisotopic (exact) mass is 425 g/mol. The minimum atomic E-state index is -0.656. The van der Waals surface area contributed by atoms with Crippen LogP contribution in [0.1, 0.15) is 24.8 Å². The van der Waals surface area contributed by atoms with Gasteiger partial charge < -0.3 is 15.0 Å². The highest BCUT2D eigenvalue weighted by Gasteiger charge is 2.38. The second-order valence-corrected chi connectivity index (χ2v) is 8.55. The molecule has 0 aliphatic carbocycles. The summed E-state index contributed by atoms with van der Waals surface area (Å²) < 4.78 is 34.0. The minimum Gasteiger partial charge on any atom is -0.381 e. The summed E-state index contributed by atoms with van der Waals surface area (Å²) in [6.07, 6.45) is 4.91. The number of aryl methyl sites for hydroxylation is 1. The number of nitrogens with one attached hydrogen (secondary N) is 1. The third-order valence-electron chi connectivity index (χ3n) is 6.45. The molecule has 2 aliphatic rings. The minimum absolute atomic E-state index is 0.279. The van der Waals surface area contributed by atoms with Gasteiger partial charge in [-0.05, 0) is 61.4 Å². The molecule has 2 aromatic carbocycles. The lowest BCUT2D eigenvalue weighted by molar-refractivity contribution is 0.134. The number of piperidine rings is 1. The highest BCUT2D eigenvalue weighted by Crippen LogP contribution is 2.40. The quantitative estimate of drug-likeness (QED) is 0.662. The van der Waals surface area contributed by atoms with E-state index < -0.39 is 11.6 Å². The predicted octanol–water partition coefficient (Wildman–Crippen LogP) is 4.60. The number of hydrogen-bond acceptors (Lipinski definition) is 5. The van der Waals surface area contributed by atoms with Crippen molar-refractivity contribution in [3.63, 3.8) is 0 Å². The molecule has 8 heteroatoms. The van der Waals surface area contributed by atoms with Crippen LogP contribution in [0.4, 0.5) is 26.1 Å². The van der Waals surface area contributed by atoms with E-state index in [9.17, 15) is 8.78 Å². The van der Waals surface area contributed by atoms with E-state index in [0.717, 1.165) is 62.1 Å². The molecular weight excluding hydrogens is 400 g/mol. The molecule has 0 amide bonds. The van der Waals surface area contributed by atoms with E-state index in [1.807, 2.05) is 6.92 Å². The first-order valence-electron chi connectivity index (χ1n) is 10.6. The van der Waals surface area contributed by atoms with Crippen LogP contribution in [0.25, 0.3) is 5.69 Å². The van der Waals surface area contributed by atoms with E-state index in [2.05, 4.69) is 38.5 Å². The maximum atomic E-state index is 13.5. The molecular formula is C23H25F2N5O. The molecule has 31 heavy (non-hydrogen) atoms. The van der Waals surface area contributed by atoms with Crippen molar-refractivity contribution in [2.45, 2.75) is 26.2 Å². The van der Waals surface area contributed by atoms with Gasteiger partial charge in [0, 0.05) is 37.1 Å². The van der Waals surface area contributed by atoms with E-state index in [1.165, 1.54) is 29.6 Å². The van der Waals surface area contributed by atoms with Gasteiger partial charge in [0.25, 0.3) is 0 Å². The van der Waals surface area contributed by atoms with E-state index >= 15 is 0 Å². The van der Waals surface area contributed by atoms with Crippen molar-refractivity contribution in [2.75, 3.05) is 36.5 Å². The fourth-order valence-electron chi connectivity index (χ4n) is 4.46. The van der Waals surface area contributed by atoms with Crippen molar-refractivity contribution < 1.29 is 13.5 Å². The van der Waals surface area contributed by atoms with Crippen LogP contribution in [0.2, 0.25) is 0 Å². The van der Waals surface area contributed by atoms with Crippen molar-refractivity contribution in [1.29, 1.82) is 0 Å². The average Bonchev–Trinajstić information content (AvgIpc) is 3.40. The van der Waals surface area contributed by atoms with Crippen LogP contribution in [0.15, 0.2) is 42.7 Å². The van der Waals surface area contributed by atoms with Crippen LogP contribution in [-0.4, -0.2) is 41.1 Å². The summed E-state index contributed by atoms with van der Waals surface area (Å²) in [5.74, 6) is -0.947. The van der Waals surface area contributed by atoms with Gasteiger partial charge in [0.2, 0.25) is 5.95 Å². The molecule has 0 bridgehead atoms. The van der Waals surface area contributed by atoms with E-state index in [1.54, 1.807) is 0 Å². The van der Waals surface area contributed by atoms with Crippen LogP contribution >= 0.6 is 0 Å². The molecule has 1 spiro atoms.